The molecule has 1 saturated heterocycles. The quantitative estimate of drug-likeness (QED) is 0.146. The van der Waals surface area contributed by atoms with Crippen LogP contribution in [0.25, 0.3) is 33.3 Å². The average molecular weight is 787 g/mol. The Hall–Kier alpha value is -5.59. The van der Waals surface area contributed by atoms with Gasteiger partial charge in [-0.05, 0) is 116 Å². The van der Waals surface area contributed by atoms with E-state index in [1.54, 1.807) is 37.8 Å². The number of cyclic esters (lactones) is 1. The molecule has 12 nitrogen and oxygen atoms in total. The number of carbonyl (C=O) groups is 3. The highest BCUT2D eigenvalue weighted by Gasteiger charge is 2.36. The van der Waals surface area contributed by atoms with Crippen LogP contribution in [0.4, 0.5) is 0 Å². The smallest absolute Gasteiger partial charge is 0.324 e. The topological polar surface area (TPSA) is 148 Å². The third-order valence-electron chi connectivity index (χ3n) is 11.4. The number of nitrogens with zero attached hydrogens (tertiary/aromatic N) is 4. The number of phenols is 1. The number of fused-ring (bicyclic) bond motifs is 6. The van der Waals surface area contributed by atoms with Gasteiger partial charge in [-0.2, -0.15) is 0 Å². The van der Waals surface area contributed by atoms with E-state index in [2.05, 4.69) is 65.3 Å². The molecule has 0 spiro atoms. The molecule has 58 heavy (non-hydrogen) atoms. The highest BCUT2D eigenvalue weighted by atomic mass is 16.5. The van der Waals surface area contributed by atoms with E-state index in [1.807, 2.05) is 38.1 Å². The minimum atomic E-state index is -0.986. The van der Waals surface area contributed by atoms with Crippen LogP contribution in [0.15, 0.2) is 79.3 Å². The Bertz CT molecular complexity index is 2310. The Balaban J connectivity index is 1.35. The summed E-state index contributed by atoms with van der Waals surface area (Å²) in [6.45, 7) is 11.3. The number of nitrogens with one attached hydrogen (secondary N) is 2. The summed E-state index contributed by atoms with van der Waals surface area (Å²) in [6.07, 6.45) is 7.14. The van der Waals surface area contributed by atoms with Crippen molar-refractivity contribution in [3.63, 3.8) is 0 Å². The van der Waals surface area contributed by atoms with Crippen molar-refractivity contribution in [2.45, 2.75) is 91.5 Å². The maximum Gasteiger partial charge on any atom is 0.324 e. The molecule has 2 aliphatic rings. The molecule has 5 heterocycles. The predicted octanol–water partition coefficient (Wildman–Crippen LogP) is 6.73. The van der Waals surface area contributed by atoms with Crippen molar-refractivity contribution in [2.75, 3.05) is 20.3 Å². The summed E-state index contributed by atoms with van der Waals surface area (Å²) in [5.74, 6) is -1.47. The van der Waals surface area contributed by atoms with Crippen LogP contribution in [-0.4, -0.2) is 74.8 Å². The Morgan fingerprint density at radius 1 is 1.07 bits per heavy atom. The monoisotopic (exact) mass is 786 g/mol. The third kappa shape index (κ3) is 8.63. The fourth-order valence-corrected chi connectivity index (χ4v) is 8.35. The second kappa shape index (κ2) is 17.1. The van der Waals surface area contributed by atoms with E-state index in [0.29, 0.717) is 44.3 Å². The largest absolute Gasteiger partial charge is 0.508 e. The average Bonchev–Trinajstić information content (AvgIpc) is 3.53. The normalized spacial score (nSPS) is 19.6. The number of aromatic hydroxyl groups is 1. The lowest BCUT2D eigenvalue weighted by molar-refractivity contribution is -0.155. The van der Waals surface area contributed by atoms with Crippen LogP contribution in [0.3, 0.4) is 0 Å². The Labute approximate surface area is 339 Å². The number of hydrogen-bond acceptors (Lipinski definition) is 9. The number of aromatic nitrogens is 3. The summed E-state index contributed by atoms with van der Waals surface area (Å²) >= 11 is 0. The van der Waals surface area contributed by atoms with Gasteiger partial charge in [0.05, 0.1) is 24.1 Å². The van der Waals surface area contributed by atoms with Gasteiger partial charge in [0.25, 0.3) is 5.91 Å². The van der Waals surface area contributed by atoms with Crippen molar-refractivity contribution < 1.29 is 29.0 Å². The number of pyridine rings is 2. The molecular formula is C46H54N6O6. The van der Waals surface area contributed by atoms with Crippen molar-refractivity contribution in [3.05, 3.63) is 102 Å². The lowest BCUT2D eigenvalue weighted by Gasteiger charge is -2.36. The molecule has 5 aromatic rings. The molecule has 304 valence electrons. The molecule has 1 fully saturated rings. The van der Waals surface area contributed by atoms with Crippen LogP contribution in [0.1, 0.15) is 75.9 Å². The van der Waals surface area contributed by atoms with Crippen LogP contribution in [0.5, 0.6) is 5.75 Å². The molecule has 0 saturated carbocycles. The number of rotatable bonds is 8. The molecule has 0 aliphatic carbocycles. The molecule has 2 aromatic carbocycles. The number of phenolic OH excluding ortho intramolecular Hbond substituents is 1. The SMILES string of the molecule is CCn1c(-c2cccnc2[C@H](C)OC)c2c3cc(ccc31)-c1cc(O)cc(c1)C[C@H](NC(=O)C(C)Cc1ccncc1)C(=O)N1CCC[C@H](N1)C(=O)OCC(C)(C)C2. The minimum Gasteiger partial charge on any atom is -0.508 e. The lowest BCUT2D eigenvalue weighted by Crippen LogP contribution is -2.60. The van der Waals surface area contributed by atoms with E-state index < -0.39 is 29.4 Å². The van der Waals surface area contributed by atoms with Crippen molar-refractivity contribution in [3.8, 4) is 28.1 Å². The van der Waals surface area contributed by atoms with Crippen LogP contribution in [0.2, 0.25) is 0 Å². The van der Waals surface area contributed by atoms with E-state index in [9.17, 15) is 19.5 Å². The summed E-state index contributed by atoms with van der Waals surface area (Å²) in [4.78, 5) is 50.8. The fourth-order valence-electron chi connectivity index (χ4n) is 8.35. The summed E-state index contributed by atoms with van der Waals surface area (Å²) in [6, 6.07) is 17.7. The zero-order valence-corrected chi connectivity index (χ0v) is 34.2. The number of carbonyl (C=O) groups excluding carboxylic acids is 3. The van der Waals surface area contributed by atoms with Crippen molar-refractivity contribution in [2.24, 2.45) is 11.3 Å². The number of aryl methyl sites for hydroxylation is 1. The first kappa shape index (κ1) is 40.6. The van der Waals surface area contributed by atoms with Crippen molar-refractivity contribution >= 4 is 28.7 Å². The molecule has 3 aromatic heterocycles. The van der Waals surface area contributed by atoms with Gasteiger partial charge in [0.15, 0.2) is 0 Å². The van der Waals surface area contributed by atoms with Gasteiger partial charge >= 0.3 is 5.97 Å². The highest BCUT2D eigenvalue weighted by Crippen LogP contribution is 2.42. The number of methoxy groups -OCH3 is 1. The maximum atomic E-state index is 14.4. The zero-order chi connectivity index (χ0) is 41.1. The number of esters is 1. The zero-order valence-electron chi connectivity index (χ0n) is 34.2. The van der Waals surface area contributed by atoms with Crippen molar-refractivity contribution in [1.82, 2.24) is 30.3 Å². The van der Waals surface area contributed by atoms with Crippen LogP contribution in [0, 0.1) is 11.3 Å². The molecule has 2 amide bonds. The second-order valence-electron chi connectivity index (χ2n) is 16.5. The molecule has 2 aliphatic heterocycles. The standard InChI is InChI=1S/C46H54N6O6/c1-7-51-40-13-12-32-25-36(40)37(42(51)35-10-8-16-48-41(35)29(3)57-6)26-46(4,5)27-58-45(56)38-11-9-19-52(50-38)44(55)39(23-31-21-33(32)24-34(53)22-31)49-43(54)28(2)20-30-14-17-47-18-15-30/h8,10,12-18,21-22,24-25,28-29,38-39,50,53H,7,9,11,19-20,23,26-27H2,1-6H3,(H,49,54)/t28?,29-,38-,39-/m0/s1. The Kier molecular flexibility index (Phi) is 12.0. The van der Waals surface area contributed by atoms with Crippen LogP contribution in [-0.2, 0) is 49.7 Å². The van der Waals surface area contributed by atoms with Gasteiger partial charge in [0.2, 0.25) is 5.91 Å². The summed E-state index contributed by atoms with van der Waals surface area (Å²) in [5.41, 5.74) is 10.9. The number of hydrogen-bond donors (Lipinski definition) is 3. The first-order valence-electron chi connectivity index (χ1n) is 20.3. The van der Waals surface area contributed by atoms with Gasteiger partial charge in [0.1, 0.15) is 17.8 Å². The Morgan fingerprint density at radius 3 is 2.62 bits per heavy atom. The van der Waals surface area contributed by atoms with Crippen LogP contribution >= 0.6 is 0 Å². The van der Waals surface area contributed by atoms with E-state index in [1.165, 1.54) is 5.01 Å². The van der Waals surface area contributed by atoms with Gasteiger partial charge < -0.3 is 24.5 Å². The number of benzene rings is 2. The van der Waals surface area contributed by atoms with Gasteiger partial charge in [-0.3, -0.25) is 29.4 Å². The molecule has 12 heteroatoms. The summed E-state index contributed by atoms with van der Waals surface area (Å²) in [7, 11) is 1.68. The molecule has 1 unspecified atom stereocenters. The lowest BCUT2D eigenvalue weighted by atomic mass is 9.84. The van der Waals surface area contributed by atoms with Gasteiger partial charge in [0, 0.05) is 73.0 Å². The van der Waals surface area contributed by atoms with Crippen LogP contribution < -0.4 is 10.7 Å². The van der Waals surface area contributed by atoms with Crippen molar-refractivity contribution in [1.29, 1.82) is 0 Å². The first-order valence-corrected chi connectivity index (χ1v) is 20.3. The maximum absolute atomic E-state index is 14.4. The molecule has 7 rings (SSSR count). The molecule has 0 radical (unpaired) electrons. The highest BCUT2D eigenvalue weighted by molar-refractivity contribution is 5.95. The predicted molar refractivity (Wildman–Crippen MR) is 222 cm³/mol. The fraction of sp³-hybridized carbons (Fsp3) is 0.413. The summed E-state index contributed by atoms with van der Waals surface area (Å²) in [5, 5.41) is 16.7. The third-order valence-corrected chi connectivity index (χ3v) is 11.4. The number of amides is 2. The number of ether oxygens (including phenoxy) is 2. The minimum absolute atomic E-state index is 0.0474. The first-order chi connectivity index (χ1) is 27.8. The van der Waals surface area contributed by atoms with E-state index >= 15 is 0 Å². The molecule has 3 N–H and O–H groups in total. The van der Waals surface area contributed by atoms with E-state index in [-0.39, 0.29) is 36.7 Å². The van der Waals surface area contributed by atoms with E-state index in [4.69, 9.17) is 14.5 Å². The molecule has 4 atom stereocenters. The summed E-state index contributed by atoms with van der Waals surface area (Å²) < 4.78 is 14.2. The van der Waals surface area contributed by atoms with Gasteiger partial charge in [-0.15, -0.1) is 0 Å². The molecular weight excluding hydrogens is 733 g/mol. The van der Waals surface area contributed by atoms with Gasteiger partial charge in [-0.25, -0.2) is 5.43 Å². The molecule has 6 bridgehead atoms. The number of hydrazine groups is 1. The second-order valence-corrected chi connectivity index (χ2v) is 16.5. The van der Waals surface area contributed by atoms with E-state index in [0.717, 1.165) is 50.1 Å². The van der Waals surface area contributed by atoms with Gasteiger partial charge in [-0.1, -0.05) is 32.9 Å². The Morgan fingerprint density at radius 2 is 1.86 bits per heavy atom.